The molecule has 0 aliphatic heterocycles. The van der Waals surface area contributed by atoms with Crippen molar-refractivity contribution in [2.45, 2.75) is 149 Å². The highest BCUT2D eigenvalue weighted by Crippen LogP contribution is 2.45. The Bertz CT molecular complexity index is 513. The van der Waals surface area contributed by atoms with Crippen LogP contribution in [-0.2, 0) is 9.53 Å². The fourth-order valence-corrected chi connectivity index (χ4v) is 7.52. The van der Waals surface area contributed by atoms with Gasteiger partial charge >= 0.3 is 5.97 Å². The van der Waals surface area contributed by atoms with Crippen LogP contribution in [-0.4, -0.2) is 12.1 Å². The molecule has 186 valence electrons. The summed E-state index contributed by atoms with van der Waals surface area (Å²) in [4.78, 5) is 12.8. The minimum atomic E-state index is 0.141. The summed E-state index contributed by atoms with van der Waals surface area (Å²) in [6.07, 6.45) is 25.2. The van der Waals surface area contributed by atoms with Crippen LogP contribution in [0.4, 0.5) is 0 Å². The summed E-state index contributed by atoms with van der Waals surface area (Å²) in [5, 5.41) is 0. The topological polar surface area (TPSA) is 26.3 Å². The standard InChI is InChI=1S/C30H54O2/c1-4-6-7-8-9-11-25-14-21-29(23(3)22-25)26-15-17-27(18-16-26)30(31)32-28-19-12-24(10-5-2)13-20-28/h23-29H,4-22H2,1-3H3/t23-,24?,25+,26-,27-,28?,29-/m1/s1. The van der Waals surface area contributed by atoms with Crippen molar-refractivity contribution in [2.75, 3.05) is 0 Å². The Hall–Kier alpha value is -0.530. The number of hydrogen-bond acceptors (Lipinski definition) is 2. The molecule has 3 aliphatic carbocycles. The monoisotopic (exact) mass is 446 g/mol. The molecular formula is C30H54O2. The molecule has 0 radical (unpaired) electrons. The van der Waals surface area contributed by atoms with Gasteiger partial charge in [0.25, 0.3) is 0 Å². The van der Waals surface area contributed by atoms with E-state index in [0.717, 1.165) is 55.3 Å². The molecule has 0 heterocycles. The molecule has 0 N–H and O–H groups in total. The van der Waals surface area contributed by atoms with Crippen molar-refractivity contribution in [3.05, 3.63) is 0 Å². The molecule has 3 aliphatic rings. The van der Waals surface area contributed by atoms with Crippen molar-refractivity contribution >= 4 is 5.97 Å². The zero-order valence-electron chi connectivity index (χ0n) is 21.8. The van der Waals surface area contributed by atoms with Crippen LogP contribution >= 0.6 is 0 Å². The molecule has 2 nitrogen and oxygen atoms in total. The van der Waals surface area contributed by atoms with Crippen molar-refractivity contribution in [3.63, 3.8) is 0 Å². The van der Waals surface area contributed by atoms with Crippen molar-refractivity contribution in [1.29, 1.82) is 0 Å². The fourth-order valence-electron chi connectivity index (χ4n) is 7.52. The number of unbranched alkanes of at least 4 members (excludes halogenated alkanes) is 4. The largest absolute Gasteiger partial charge is 0.462 e. The Balaban J connectivity index is 1.32. The lowest BCUT2D eigenvalue weighted by Gasteiger charge is -2.41. The van der Waals surface area contributed by atoms with Gasteiger partial charge in [0.15, 0.2) is 0 Å². The highest BCUT2D eigenvalue weighted by atomic mass is 16.5. The van der Waals surface area contributed by atoms with E-state index in [9.17, 15) is 4.79 Å². The first-order valence-electron chi connectivity index (χ1n) is 14.8. The van der Waals surface area contributed by atoms with E-state index in [0.29, 0.717) is 0 Å². The summed E-state index contributed by atoms with van der Waals surface area (Å²) in [6, 6.07) is 0. The SMILES string of the molecule is CCCCCCC[C@H]1CC[C@@H]([C@H]2CC[C@H](C(=O)OC3CCC(CCC)CC3)CC2)[C@H](C)C1. The predicted molar refractivity (Wildman–Crippen MR) is 136 cm³/mol. The van der Waals surface area contributed by atoms with E-state index >= 15 is 0 Å². The first kappa shape index (κ1) is 26.1. The van der Waals surface area contributed by atoms with E-state index in [1.54, 1.807) is 0 Å². The molecule has 3 fully saturated rings. The van der Waals surface area contributed by atoms with Crippen LogP contribution in [0, 0.1) is 35.5 Å². The van der Waals surface area contributed by atoms with Crippen LogP contribution in [0.1, 0.15) is 143 Å². The lowest BCUT2D eigenvalue weighted by Crippen LogP contribution is -2.34. The summed E-state index contributed by atoms with van der Waals surface area (Å²) in [5.41, 5.74) is 0. The number of ether oxygens (including phenoxy) is 1. The molecule has 0 spiro atoms. The maximum atomic E-state index is 12.8. The Labute approximate surface area is 200 Å². The normalized spacial score (nSPS) is 36.0. The van der Waals surface area contributed by atoms with Crippen molar-refractivity contribution in [3.8, 4) is 0 Å². The molecule has 0 aromatic carbocycles. The van der Waals surface area contributed by atoms with Crippen LogP contribution in [0.3, 0.4) is 0 Å². The summed E-state index contributed by atoms with van der Waals surface area (Å²) < 4.78 is 6.00. The average molecular weight is 447 g/mol. The van der Waals surface area contributed by atoms with Crippen molar-refractivity contribution in [2.24, 2.45) is 35.5 Å². The molecule has 0 aromatic heterocycles. The van der Waals surface area contributed by atoms with E-state index in [4.69, 9.17) is 4.74 Å². The van der Waals surface area contributed by atoms with Gasteiger partial charge in [-0.15, -0.1) is 0 Å². The van der Waals surface area contributed by atoms with E-state index in [-0.39, 0.29) is 18.0 Å². The maximum Gasteiger partial charge on any atom is 0.309 e. The quantitative estimate of drug-likeness (QED) is 0.233. The van der Waals surface area contributed by atoms with Gasteiger partial charge in [-0.2, -0.15) is 0 Å². The number of carbonyl (C=O) groups excluding carboxylic acids is 1. The van der Waals surface area contributed by atoms with E-state index < -0.39 is 0 Å². The highest BCUT2D eigenvalue weighted by Gasteiger charge is 2.37. The lowest BCUT2D eigenvalue weighted by molar-refractivity contribution is -0.157. The summed E-state index contributed by atoms with van der Waals surface area (Å²) in [7, 11) is 0. The fraction of sp³-hybridized carbons (Fsp3) is 0.967. The molecule has 0 unspecified atom stereocenters. The third kappa shape index (κ3) is 8.05. The van der Waals surface area contributed by atoms with E-state index in [2.05, 4.69) is 20.8 Å². The highest BCUT2D eigenvalue weighted by molar-refractivity contribution is 5.72. The van der Waals surface area contributed by atoms with Crippen molar-refractivity contribution < 1.29 is 9.53 Å². The average Bonchev–Trinajstić information content (AvgIpc) is 2.81. The van der Waals surface area contributed by atoms with Crippen LogP contribution in [0.2, 0.25) is 0 Å². The van der Waals surface area contributed by atoms with Gasteiger partial charge in [-0.05, 0) is 93.8 Å². The molecule has 0 saturated heterocycles. The van der Waals surface area contributed by atoms with E-state index in [1.165, 1.54) is 96.3 Å². The third-order valence-electron chi connectivity index (χ3n) is 9.54. The molecule has 0 amide bonds. The molecule has 32 heavy (non-hydrogen) atoms. The Morgan fingerprint density at radius 1 is 0.719 bits per heavy atom. The third-order valence-corrected chi connectivity index (χ3v) is 9.54. The Morgan fingerprint density at radius 3 is 2.06 bits per heavy atom. The molecule has 3 atom stereocenters. The van der Waals surface area contributed by atoms with Crippen LogP contribution in [0.25, 0.3) is 0 Å². The van der Waals surface area contributed by atoms with Gasteiger partial charge in [0.05, 0.1) is 5.92 Å². The van der Waals surface area contributed by atoms with Crippen LogP contribution in [0.15, 0.2) is 0 Å². The number of rotatable bonds is 11. The second kappa shape index (κ2) is 14.0. The van der Waals surface area contributed by atoms with Gasteiger partial charge in [0.1, 0.15) is 6.10 Å². The second-order valence-corrected chi connectivity index (χ2v) is 12.0. The molecule has 0 bridgehead atoms. The first-order valence-corrected chi connectivity index (χ1v) is 14.8. The summed E-state index contributed by atoms with van der Waals surface area (Å²) in [6.45, 7) is 7.12. The van der Waals surface area contributed by atoms with Gasteiger partial charge in [-0.25, -0.2) is 0 Å². The molecule has 0 aromatic rings. The van der Waals surface area contributed by atoms with Gasteiger partial charge in [0, 0.05) is 0 Å². The number of hydrogen-bond donors (Lipinski definition) is 0. The number of esters is 1. The van der Waals surface area contributed by atoms with Crippen LogP contribution < -0.4 is 0 Å². The molecule has 3 saturated carbocycles. The zero-order chi connectivity index (χ0) is 22.8. The minimum absolute atomic E-state index is 0.141. The minimum Gasteiger partial charge on any atom is -0.462 e. The van der Waals surface area contributed by atoms with Gasteiger partial charge in [-0.1, -0.05) is 78.6 Å². The van der Waals surface area contributed by atoms with E-state index in [1.807, 2.05) is 0 Å². The van der Waals surface area contributed by atoms with Crippen molar-refractivity contribution in [1.82, 2.24) is 0 Å². The smallest absolute Gasteiger partial charge is 0.309 e. The summed E-state index contributed by atoms with van der Waals surface area (Å²) >= 11 is 0. The first-order chi connectivity index (χ1) is 15.6. The Morgan fingerprint density at radius 2 is 1.41 bits per heavy atom. The summed E-state index contributed by atoms with van der Waals surface area (Å²) in [5.74, 6) is 4.86. The molecular weight excluding hydrogens is 392 g/mol. The second-order valence-electron chi connectivity index (χ2n) is 12.0. The predicted octanol–water partition coefficient (Wildman–Crippen LogP) is 9.11. The lowest BCUT2D eigenvalue weighted by atomic mass is 9.64. The zero-order valence-corrected chi connectivity index (χ0v) is 21.8. The molecule has 2 heteroatoms. The van der Waals surface area contributed by atoms with Gasteiger partial charge < -0.3 is 4.74 Å². The van der Waals surface area contributed by atoms with Gasteiger partial charge in [0.2, 0.25) is 0 Å². The Kier molecular flexibility index (Phi) is 11.4. The van der Waals surface area contributed by atoms with Gasteiger partial charge in [-0.3, -0.25) is 4.79 Å². The van der Waals surface area contributed by atoms with Crippen LogP contribution in [0.5, 0.6) is 0 Å². The number of carbonyl (C=O) groups is 1. The maximum absolute atomic E-state index is 12.8. The molecule has 3 rings (SSSR count).